The molecule has 0 aromatic carbocycles. The van der Waals surface area contributed by atoms with Crippen LogP contribution in [0.2, 0.25) is 0 Å². The largest absolute Gasteiger partial charge is 0.396 e. The van der Waals surface area contributed by atoms with E-state index in [0.29, 0.717) is 17.5 Å². The summed E-state index contributed by atoms with van der Waals surface area (Å²) in [5.41, 5.74) is 1.47. The minimum Gasteiger partial charge on any atom is -0.396 e. The Balaban J connectivity index is 1.66. The summed E-state index contributed by atoms with van der Waals surface area (Å²) in [7, 11) is 0. The van der Waals surface area contributed by atoms with Crippen LogP contribution in [0.25, 0.3) is 0 Å². The van der Waals surface area contributed by atoms with Crippen LogP contribution in [0, 0.1) is 17.8 Å². The van der Waals surface area contributed by atoms with Gasteiger partial charge in [-0.2, -0.15) is 5.10 Å². The molecule has 4 atom stereocenters. The van der Waals surface area contributed by atoms with E-state index in [1.165, 1.54) is 12.8 Å². The van der Waals surface area contributed by atoms with Crippen LogP contribution in [0.4, 0.5) is 0 Å². The number of rotatable bonds is 5. The van der Waals surface area contributed by atoms with Crippen molar-refractivity contribution in [3.05, 3.63) is 17.5 Å². The van der Waals surface area contributed by atoms with Gasteiger partial charge in [-0.15, -0.1) is 0 Å². The summed E-state index contributed by atoms with van der Waals surface area (Å²) in [5, 5.41) is 19.6. The minimum absolute atomic E-state index is 0.111. The van der Waals surface area contributed by atoms with Crippen LogP contribution >= 0.6 is 0 Å². The number of aliphatic hydroxyl groups is 1. The van der Waals surface area contributed by atoms with E-state index in [2.05, 4.69) is 22.4 Å². The van der Waals surface area contributed by atoms with E-state index < -0.39 is 0 Å². The molecule has 2 aliphatic rings. The Hall–Kier alpha value is -1.36. The first-order chi connectivity index (χ1) is 9.72. The van der Waals surface area contributed by atoms with Gasteiger partial charge in [0.1, 0.15) is 5.69 Å². The van der Waals surface area contributed by atoms with Gasteiger partial charge in [-0.1, -0.05) is 13.3 Å². The molecule has 0 saturated heterocycles. The SMILES string of the molecule is CCCc1cc(C(=O)NC2C3CCC(C3)C2CO)n[nH]1. The first-order valence-electron chi connectivity index (χ1n) is 7.69. The number of nitrogens with one attached hydrogen (secondary N) is 2. The monoisotopic (exact) mass is 277 g/mol. The predicted octanol–water partition coefficient (Wildman–Crippen LogP) is 1.50. The van der Waals surface area contributed by atoms with E-state index in [1.807, 2.05) is 6.07 Å². The molecular formula is C15H23N3O2. The van der Waals surface area contributed by atoms with Gasteiger partial charge in [-0.25, -0.2) is 0 Å². The minimum atomic E-state index is -0.111. The number of H-pyrrole nitrogens is 1. The van der Waals surface area contributed by atoms with Gasteiger partial charge in [0.15, 0.2) is 0 Å². The number of amides is 1. The zero-order chi connectivity index (χ0) is 14.1. The first-order valence-corrected chi connectivity index (χ1v) is 7.69. The van der Waals surface area contributed by atoms with E-state index in [9.17, 15) is 9.90 Å². The van der Waals surface area contributed by atoms with Crippen molar-refractivity contribution >= 4 is 5.91 Å². The molecule has 1 heterocycles. The maximum absolute atomic E-state index is 12.3. The second-order valence-electron chi connectivity index (χ2n) is 6.21. The van der Waals surface area contributed by atoms with Crippen molar-refractivity contribution in [3.63, 3.8) is 0 Å². The summed E-state index contributed by atoms with van der Waals surface area (Å²) in [6, 6.07) is 1.96. The number of aromatic amines is 1. The highest BCUT2D eigenvalue weighted by atomic mass is 16.3. The molecule has 0 aliphatic heterocycles. The highest BCUT2D eigenvalue weighted by Crippen LogP contribution is 2.48. The van der Waals surface area contributed by atoms with E-state index >= 15 is 0 Å². The molecule has 1 amide bonds. The fourth-order valence-corrected chi connectivity index (χ4v) is 4.00. The highest BCUT2D eigenvalue weighted by Gasteiger charge is 2.47. The molecule has 2 fully saturated rings. The molecule has 2 aliphatic carbocycles. The number of fused-ring (bicyclic) bond motifs is 2. The lowest BCUT2D eigenvalue weighted by Gasteiger charge is -2.30. The lowest BCUT2D eigenvalue weighted by molar-refractivity contribution is 0.0856. The molecule has 2 saturated carbocycles. The third kappa shape index (κ3) is 2.35. The fraction of sp³-hybridized carbons (Fsp3) is 0.733. The molecule has 1 aromatic rings. The average Bonchev–Trinajstić information content (AvgIpc) is 3.13. The molecule has 20 heavy (non-hydrogen) atoms. The van der Waals surface area contributed by atoms with Crippen molar-refractivity contribution in [2.24, 2.45) is 17.8 Å². The quantitative estimate of drug-likeness (QED) is 0.763. The van der Waals surface area contributed by atoms with Crippen molar-refractivity contribution < 1.29 is 9.90 Å². The maximum atomic E-state index is 12.3. The third-order valence-electron chi connectivity index (χ3n) is 4.98. The number of hydrogen-bond acceptors (Lipinski definition) is 3. The fourth-order valence-electron chi connectivity index (χ4n) is 4.00. The Morgan fingerprint density at radius 3 is 3.05 bits per heavy atom. The van der Waals surface area contributed by atoms with Gasteiger partial charge in [0.05, 0.1) is 0 Å². The Bertz CT molecular complexity index is 485. The third-order valence-corrected chi connectivity index (χ3v) is 4.98. The van der Waals surface area contributed by atoms with Crippen LogP contribution in [0.5, 0.6) is 0 Å². The van der Waals surface area contributed by atoms with Gasteiger partial charge in [0.25, 0.3) is 5.91 Å². The molecule has 0 radical (unpaired) electrons. The van der Waals surface area contributed by atoms with Crippen molar-refractivity contribution in [1.82, 2.24) is 15.5 Å². The van der Waals surface area contributed by atoms with Crippen molar-refractivity contribution in [3.8, 4) is 0 Å². The molecule has 0 spiro atoms. The van der Waals surface area contributed by atoms with Crippen LogP contribution in [0.3, 0.4) is 0 Å². The van der Waals surface area contributed by atoms with Crippen LogP contribution in [0.1, 0.15) is 48.8 Å². The van der Waals surface area contributed by atoms with Gasteiger partial charge in [0, 0.05) is 24.3 Å². The van der Waals surface area contributed by atoms with Gasteiger partial charge < -0.3 is 10.4 Å². The van der Waals surface area contributed by atoms with Gasteiger partial charge in [0.2, 0.25) is 0 Å². The van der Waals surface area contributed by atoms with Crippen LogP contribution in [-0.2, 0) is 6.42 Å². The van der Waals surface area contributed by atoms with Gasteiger partial charge >= 0.3 is 0 Å². The van der Waals surface area contributed by atoms with Gasteiger partial charge in [-0.05, 0) is 43.6 Å². The number of aliphatic hydroxyl groups excluding tert-OH is 1. The number of aromatic nitrogens is 2. The molecule has 2 bridgehead atoms. The van der Waals surface area contributed by atoms with E-state index in [-0.39, 0.29) is 24.5 Å². The highest BCUT2D eigenvalue weighted by molar-refractivity contribution is 5.92. The molecule has 4 unspecified atom stereocenters. The molecule has 1 aromatic heterocycles. The molecule has 3 N–H and O–H groups in total. The molecule has 5 nitrogen and oxygen atoms in total. The topological polar surface area (TPSA) is 78.0 Å². The maximum Gasteiger partial charge on any atom is 0.272 e. The lowest BCUT2D eigenvalue weighted by atomic mass is 9.85. The Morgan fingerprint density at radius 1 is 1.50 bits per heavy atom. The molecular weight excluding hydrogens is 254 g/mol. The summed E-state index contributed by atoms with van der Waals surface area (Å²) in [4.78, 5) is 12.3. The predicted molar refractivity (Wildman–Crippen MR) is 75.2 cm³/mol. The van der Waals surface area contributed by atoms with E-state index in [4.69, 9.17) is 0 Å². The van der Waals surface area contributed by atoms with Crippen LogP contribution in [0.15, 0.2) is 6.07 Å². The Morgan fingerprint density at radius 2 is 2.30 bits per heavy atom. The molecule has 110 valence electrons. The summed E-state index contributed by atoms with van der Waals surface area (Å²) in [6.45, 7) is 2.27. The zero-order valence-corrected chi connectivity index (χ0v) is 11.9. The molecule has 5 heteroatoms. The van der Waals surface area contributed by atoms with Crippen molar-refractivity contribution in [2.45, 2.75) is 45.1 Å². The lowest BCUT2D eigenvalue weighted by Crippen LogP contribution is -2.45. The second-order valence-corrected chi connectivity index (χ2v) is 6.21. The smallest absolute Gasteiger partial charge is 0.272 e. The standard InChI is InChI=1S/C15H23N3O2/c1-2-3-11-7-13(18-17-11)15(20)16-14-10-5-4-9(6-10)12(14)8-19/h7,9-10,12,14,19H,2-6,8H2,1H3,(H,16,20)(H,17,18). The Labute approximate surface area is 119 Å². The number of hydrogen-bond donors (Lipinski definition) is 3. The number of aryl methyl sites for hydroxylation is 1. The summed E-state index contributed by atoms with van der Waals surface area (Å²) >= 11 is 0. The van der Waals surface area contributed by atoms with Crippen molar-refractivity contribution in [2.75, 3.05) is 6.61 Å². The average molecular weight is 277 g/mol. The second kappa shape index (κ2) is 5.56. The summed E-state index contributed by atoms with van der Waals surface area (Å²) < 4.78 is 0. The number of carbonyl (C=O) groups is 1. The summed E-state index contributed by atoms with van der Waals surface area (Å²) in [5.74, 6) is 1.24. The molecule has 3 rings (SSSR count). The summed E-state index contributed by atoms with van der Waals surface area (Å²) in [6.07, 6.45) is 5.47. The zero-order valence-electron chi connectivity index (χ0n) is 11.9. The van der Waals surface area contributed by atoms with E-state index in [0.717, 1.165) is 25.0 Å². The van der Waals surface area contributed by atoms with E-state index in [1.54, 1.807) is 0 Å². The number of nitrogens with zero attached hydrogens (tertiary/aromatic N) is 1. The number of carbonyl (C=O) groups excluding carboxylic acids is 1. The first kappa shape index (κ1) is 13.6. The van der Waals surface area contributed by atoms with Crippen molar-refractivity contribution in [1.29, 1.82) is 0 Å². The van der Waals surface area contributed by atoms with Crippen LogP contribution < -0.4 is 5.32 Å². The van der Waals surface area contributed by atoms with Crippen LogP contribution in [-0.4, -0.2) is 33.9 Å². The van der Waals surface area contributed by atoms with Gasteiger partial charge in [-0.3, -0.25) is 9.89 Å². The Kier molecular flexibility index (Phi) is 3.78. The normalized spacial score (nSPS) is 31.7.